The molecule has 1 aliphatic rings. The standard InChI is InChI=1S/C17H16FN5O/c18-11-5-3-10(4-6-11)12-9-13-14(20-16(12)24)21-17(19)22-15(13)23-7-1-2-8-23/h3-6,9H,1-2,7-8H2,(H3,19,20,21,22,24). The number of aromatic nitrogens is 3. The Kier molecular flexibility index (Phi) is 3.41. The number of halogens is 1. The first-order valence-corrected chi connectivity index (χ1v) is 7.83. The van der Waals surface area contributed by atoms with Gasteiger partial charge in [-0.2, -0.15) is 9.97 Å². The molecule has 0 radical (unpaired) electrons. The first-order valence-electron chi connectivity index (χ1n) is 7.83. The fourth-order valence-corrected chi connectivity index (χ4v) is 3.10. The van der Waals surface area contributed by atoms with Crippen LogP contribution in [0.15, 0.2) is 35.1 Å². The number of nitrogens with one attached hydrogen (secondary N) is 1. The maximum Gasteiger partial charge on any atom is 0.257 e. The molecule has 7 heteroatoms. The highest BCUT2D eigenvalue weighted by molar-refractivity contribution is 5.91. The topological polar surface area (TPSA) is 87.9 Å². The second-order valence-electron chi connectivity index (χ2n) is 5.88. The molecule has 0 atom stereocenters. The lowest BCUT2D eigenvalue weighted by atomic mass is 10.1. The van der Waals surface area contributed by atoms with Gasteiger partial charge in [-0.15, -0.1) is 0 Å². The predicted octanol–water partition coefficient (Wildman–Crippen LogP) is 2.31. The van der Waals surface area contributed by atoms with Crippen LogP contribution >= 0.6 is 0 Å². The molecule has 3 heterocycles. The van der Waals surface area contributed by atoms with Gasteiger partial charge in [0.2, 0.25) is 5.95 Å². The summed E-state index contributed by atoms with van der Waals surface area (Å²) in [6.07, 6.45) is 2.19. The number of benzene rings is 1. The van der Waals surface area contributed by atoms with E-state index in [4.69, 9.17) is 5.73 Å². The molecular formula is C17H16FN5O. The number of hydrogen-bond donors (Lipinski definition) is 2. The van der Waals surface area contributed by atoms with Gasteiger partial charge in [-0.25, -0.2) is 4.39 Å². The lowest BCUT2D eigenvalue weighted by molar-refractivity contribution is 0.628. The van der Waals surface area contributed by atoms with Crippen molar-refractivity contribution in [3.05, 3.63) is 46.5 Å². The Labute approximate surface area is 137 Å². The molecule has 0 spiro atoms. The van der Waals surface area contributed by atoms with E-state index in [9.17, 15) is 9.18 Å². The highest BCUT2D eigenvalue weighted by Crippen LogP contribution is 2.28. The number of H-pyrrole nitrogens is 1. The van der Waals surface area contributed by atoms with E-state index in [0.29, 0.717) is 16.8 Å². The molecule has 1 aromatic carbocycles. The second-order valence-corrected chi connectivity index (χ2v) is 5.88. The molecule has 0 saturated carbocycles. The first-order chi connectivity index (χ1) is 11.6. The van der Waals surface area contributed by atoms with Crippen molar-refractivity contribution in [2.75, 3.05) is 23.7 Å². The van der Waals surface area contributed by atoms with E-state index >= 15 is 0 Å². The SMILES string of the molecule is Nc1nc(N2CCCC2)c2cc(-c3ccc(F)cc3)c(=O)[nH]c2n1. The molecule has 1 fully saturated rings. The highest BCUT2D eigenvalue weighted by atomic mass is 19.1. The normalized spacial score (nSPS) is 14.5. The summed E-state index contributed by atoms with van der Waals surface area (Å²) in [6.45, 7) is 1.80. The smallest absolute Gasteiger partial charge is 0.257 e. The van der Waals surface area contributed by atoms with Gasteiger partial charge in [0.25, 0.3) is 5.56 Å². The fraction of sp³-hybridized carbons (Fsp3) is 0.235. The summed E-state index contributed by atoms with van der Waals surface area (Å²) >= 11 is 0. The van der Waals surface area contributed by atoms with Crippen molar-refractivity contribution >= 4 is 22.8 Å². The number of hydrogen-bond acceptors (Lipinski definition) is 5. The minimum absolute atomic E-state index is 0.134. The summed E-state index contributed by atoms with van der Waals surface area (Å²) < 4.78 is 13.1. The molecule has 0 amide bonds. The third kappa shape index (κ3) is 2.47. The Balaban J connectivity index is 1.95. The number of rotatable bonds is 2. The van der Waals surface area contributed by atoms with Crippen molar-refractivity contribution in [3.8, 4) is 11.1 Å². The quantitative estimate of drug-likeness (QED) is 0.755. The third-order valence-electron chi connectivity index (χ3n) is 4.27. The van der Waals surface area contributed by atoms with Gasteiger partial charge in [0.15, 0.2) is 0 Å². The summed E-state index contributed by atoms with van der Waals surface area (Å²) in [5.74, 6) is 0.522. The van der Waals surface area contributed by atoms with Crippen LogP contribution in [0.25, 0.3) is 22.2 Å². The van der Waals surface area contributed by atoms with Crippen molar-refractivity contribution in [2.45, 2.75) is 12.8 Å². The summed E-state index contributed by atoms with van der Waals surface area (Å²) in [4.78, 5) is 25.8. The van der Waals surface area contributed by atoms with Crippen molar-refractivity contribution in [3.63, 3.8) is 0 Å². The molecule has 4 rings (SSSR count). The second kappa shape index (κ2) is 5.59. The summed E-state index contributed by atoms with van der Waals surface area (Å²) in [7, 11) is 0. The Hall–Kier alpha value is -2.96. The van der Waals surface area contributed by atoms with E-state index in [1.54, 1.807) is 18.2 Å². The summed E-state index contributed by atoms with van der Waals surface area (Å²) in [6, 6.07) is 7.59. The van der Waals surface area contributed by atoms with Gasteiger partial charge < -0.3 is 15.6 Å². The van der Waals surface area contributed by atoms with E-state index in [1.165, 1.54) is 12.1 Å². The first kappa shape index (κ1) is 14.6. The van der Waals surface area contributed by atoms with Gasteiger partial charge in [-0.1, -0.05) is 12.1 Å². The zero-order chi connectivity index (χ0) is 16.7. The Morgan fingerprint density at radius 3 is 2.54 bits per heavy atom. The Morgan fingerprint density at radius 2 is 1.83 bits per heavy atom. The minimum atomic E-state index is -0.343. The average molecular weight is 325 g/mol. The van der Waals surface area contributed by atoms with Crippen LogP contribution < -0.4 is 16.2 Å². The molecule has 24 heavy (non-hydrogen) atoms. The molecule has 0 aliphatic carbocycles. The highest BCUT2D eigenvalue weighted by Gasteiger charge is 2.19. The van der Waals surface area contributed by atoms with Crippen molar-refractivity contribution in [2.24, 2.45) is 0 Å². The maximum absolute atomic E-state index is 13.1. The number of aromatic amines is 1. The van der Waals surface area contributed by atoms with Crippen LogP contribution in [0.5, 0.6) is 0 Å². The maximum atomic E-state index is 13.1. The van der Waals surface area contributed by atoms with Crippen LogP contribution in [0.3, 0.4) is 0 Å². The minimum Gasteiger partial charge on any atom is -0.368 e. The molecule has 122 valence electrons. The van der Waals surface area contributed by atoms with Crippen LogP contribution in [0, 0.1) is 5.82 Å². The summed E-state index contributed by atoms with van der Waals surface area (Å²) in [5.41, 5.74) is 7.02. The van der Waals surface area contributed by atoms with Gasteiger partial charge in [-0.05, 0) is 36.6 Å². The number of pyridine rings is 1. The molecule has 6 nitrogen and oxygen atoms in total. The van der Waals surface area contributed by atoms with Gasteiger partial charge in [0, 0.05) is 18.7 Å². The Bertz CT molecular complexity index is 961. The van der Waals surface area contributed by atoms with Crippen LogP contribution in [-0.2, 0) is 0 Å². The number of nitrogens with two attached hydrogens (primary N) is 1. The molecule has 1 aliphatic heterocycles. The van der Waals surface area contributed by atoms with Gasteiger partial charge in [0.1, 0.15) is 17.3 Å². The lowest BCUT2D eigenvalue weighted by Gasteiger charge is -2.18. The molecule has 2 aromatic heterocycles. The van der Waals surface area contributed by atoms with Gasteiger partial charge >= 0.3 is 0 Å². The monoisotopic (exact) mass is 325 g/mol. The molecule has 3 N–H and O–H groups in total. The fourth-order valence-electron chi connectivity index (χ4n) is 3.10. The van der Waals surface area contributed by atoms with Crippen LogP contribution in [-0.4, -0.2) is 28.0 Å². The largest absolute Gasteiger partial charge is 0.368 e. The number of fused-ring (bicyclic) bond motifs is 1. The van der Waals surface area contributed by atoms with E-state index < -0.39 is 0 Å². The Morgan fingerprint density at radius 1 is 1.12 bits per heavy atom. The third-order valence-corrected chi connectivity index (χ3v) is 4.27. The van der Waals surface area contributed by atoms with Crippen LogP contribution in [0.1, 0.15) is 12.8 Å². The number of nitrogens with zero attached hydrogens (tertiary/aromatic N) is 3. The van der Waals surface area contributed by atoms with E-state index in [1.807, 2.05) is 0 Å². The lowest BCUT2D eigenvalue weighted by Crippen LogP contribution is -2.21. The predicted molar refractivity (Wildman–Crippen MR) is 91.4 cm³/mol. The van der Waals surface area contributed by atoms with E-state index in [0.717, 1.165) is 37.1 Å². The molecule has 1 saturated heterocycles. The van der Waals surface area contributed by atoms with Crippen molar-refractivity contribution < 1.29 is 4.39 Å². The van der Waals surface area contributed by atoms with Crippen LogP contribution in [0.2, 0.25) is 0 Å². The van der Waals surface area contributed by atoms with Gasteiger partial charge in [-0.3, -0.25) is 4.79 Å². The van der Waals surface area contributed by atoms with Crippen LogP contribution in [0.4, 0.5) is 16.2 Å². The summed E-state index contributed by atoms with van der Waals surface area (Å²) in [5, 5.41) is 0.741. The van der Waals surface area contributed by atoms with E-state index in [-0.39, 0.29) is 17.3 Å². The molecule has 0 unspecified atom stereocenters. The van der Waals surface area contributed by atoms with Crippen molar-refractivity contribution in [1.29, 1.82) is 0 Å². The van der Waals surface area contributed by atoms with Crippen molar-refractivity contribution in [1.82, 2.24) is 15.0 Å². The number of anilines is 2. The van der Waals surface area contributed by atoms with Gasteiger partial charge in [0.05, 0.1) is 5.39 Å². The zero-order valence-corrected chi connectivity index (χ0v) is 12.9. The number of nitrogen functional groups attached to an aromatic ring is 1. The van der Waals surface area contributed by atoms with E-state index in [2.05, 4.69) is 19.9 Å². The molecular weight excluding hydrogens is 309 g/mol. The zero-order valence-electron chi connectivity index (χ0n) is 12.9. The molecule has 3 aromatic rings. The average Bonchev–Trinajstić information content (AvgIpc) is 3.09. The molecule has 0 bridgehead atoms.